The fourth-order valence-electron chi connectivity index (χ4n) is 3.62. The van der Waals surface area contributed by atoms with Gasteiger partial charge in [-0.15, -0.1) is 0 Å². The molecule has 5 heterocycles. The van der Waals surface area contributed by atoms with Crippen LogP contribution in [-0.4, -0.2) is 52.5 Å². The first-order chi connectivity index (χ1) is 13.6. The molecule has 1 saturated heterocycles. The number of anilines is 1. The quantitative estimate of drug-likeness (QED) is 0.536. The van der Waals surface area contributed by atoms with Crippen molar-refractivity contribution in [2.24, 2.45) is 0 Å². The highest BCUT2D eigenvalue weighted by molar-refractivity contribution is 5.82. The molecule has 5 rings (SSSR count). The Bertz CT molecular complexity index is 1230. The Balaban J connectivity index is 1.55. The molecule has 1 fully saturated rings. The third-order valence-corrected chi connectivity index (χ3v) is 5.31. The molecule has 0 saturated carbocycles. The molecule has 0 aliphatic carbocycles. The van der Waals surface area contributed by atoms with E-state index in [1.165, 1.54) is 0 Å². The molecule has 1 aliphatic heterocycles. The summed E-state index contributed by atoms with van der Waals surface area (Å²) in [6.07, 6.45) is 5.61. The zero-order valence-corrected chi connectivity index (χ0v) is 15.9. The number of rotatable bonds is 2. The number of nitrogens with zero attached hydrogens (tertiary/aromatic N) is 5. The van der Waals surface area contributed by atoms with E-state index in [0.29, 0.717) is 16.8 Å². The lowest BCUT2D eigenvalue weighted by atomic mass is 10.2. The van der Waals surface area contributed by atoms with Crippen molar-refractivity contribution < 1.29 is 4.42 Å². The number of aryl methyl sites for hydroxylation is 1. The van der Waals surface area contributed by atoms with E-state index in [4.69, 9.17) is 4.42 Å². The van der Waals surface area contributed by atoms with E-state index in [0.717, 1.165) is 48.6 Å². The summed E-state index contributed by atoms with van der Waals surface area (Å²) >= 11 is 0. The molecular formula is C21H21N5O2. The van der Waals surface area contributed by atoms with Crippen LogP contribution in [0.4, 0.5) is 5.82 Å². The van der Waals surface area contributed by atoms with Gasteiger partial charge >= 0.3 is 5.63 Å². The van der Waals surface area contributed by atoms with E-state index < -0.39 is 0 Å². The van der Waals surface area contributed by atoms with Crippen molar-refractivity contribution in [3.05, 3.63) is 58.8 Å². The van der Waals surface area contributed by atoms with Gasteiger partial charge in [0.05, 0.1) is 11.3 Å². The summed E-state index contributed by atoms with van der Waals surface area (Å²) < 4.78 is 7.56. The lowest BCUT2D eigenvalue weighted by Gasteiger charge is -2.33. The van der Waals surface area contributed by atoms with Gasteiger partial charge in [0.15, 0.2) is 0 Å². The number of imidazole rings is 1. The molecule has 142 valence electrons. The van der Waals surface area contributed by atoms with E-state index in [1.54, 1.807) is 6.20 Å². The normalized spacial score (nSPS) is 15.6. The lowest BCUT2D eigenvalue weighted by Crippen LogP contribution is -2.44. The maximum absolute atomic E-state index is 12.7. The van der Waals surface area contributed by atoms with E-state index >= 15 is 0 Å². The molecule has 0 radical (unpaired) electrons. The maximum Gasteiger partial charge on any atom is 0.345 e. The summed E-state index contributed by atoms with van der Waals surface area (Å²) in [4.78, 5) is 26.3. The van der Waals surface area contributed by atoms with Gasteiger partial charge in [0.2, 0.25) is 0 Å². The first kappa shape index (κ1) is 16.9. The van der Waals surface area contributed by atoms with Crippen LogP contribution in [0, 0.1) is 6.92 Å². The number of fused-ring (bicyclic) bond motifs is 2. The minimum absolute atomic E-state index is 0.386. The number of pyridine rings is 2. The molecule has 7 heteroatoms. The van der Waals surface area contributed by atoms with E-state index in [2.05, 4.69) is 26.8 Å². The highest BCUT2D eigenvalue weighted by atomic mass is 16.4. The molecule has 1 aliphatic rings. The van der Waals surface area contributed by atoms with Gasteiger partial charge in [0.1, 0.15) is 17.0 Å². The smallest absolute Gasteiger partial charge is 0.345 e. The molecule has 7 nitrogen and oxygen atoms in total. The zero-order valence-electron chi connectivity index (χ0n) is 15.9. The highest BCUT2D eigenvalue weighted by Gasteiger charge is 2.17. The Kier molecular flexibility index (Phi) is 3.91. The van der Waals surface area contributed by atoms with Crippen molar-refractivity contribution >= 4 is 22.4 Å². The number of aromatic nitrogens is 3. The van der Waals surface area contributed by atoms with Gasteiger partial charge in [-0.1, -0.05) is 6.07 Å². The van der Waals surface area contributed by atoms with E-state index in [1.807, 2.05) is 48.0 Å². The Morgan fingerprint density at radius 3 is 2.71 bits per heavy atom. The van der Waals surface area contributed by atoms with Gasteiger partial charge in [-0.25, -0.2) is 14.8 Å². The summed E-state index contributed by atoms with van der Waals surface area (Å²) in [6, 6.07) is 7.61. The largest absolute Gasteiger partial charge is 0.422 e. The maximum atomic E-state index is 12.7. The van der Waals surface area contributed by atoms with Gasteiger partial charge in [-0.2, -0.15) is 0 Å². The van der Waals surface area contributed by atoms with Crippen molar-refractivity contribution in [2.45, 2.75) is 6.92 Å². The van der Waals surface area contributed by atoms with Crippen molar-refractivity contribution in [1.82, 2.24) is 19.3 Å². The fraction of sp³-hybridized carbons (Fsp3) is 0.286. The topological polar surface area (TPSA) is 66.9 Å². The number of likely N-dealkylation sites (N-methyl/N-ethyl adjacent to an activating group) is 1. The molecule has 0 N–H and O–H groups in total. The standard InChI is InChI=1S/C21H21N5O2/c1-14-3-4-19-23-17(13-26(19)12-14)16-9-15-11-22-20(10-18(15)28-21(16)27)25-7-5-24(2)6-8-25/h3-4,9-13H,5-8H2,1-2H3. The molecule has 0 amide bonds. The van der Waals surface area contributed by atoms with Gasteiger partial charge in [-0.3, -0.25) is 0 Å². The second-order valence-corrected chi connectivity index (χ2v) is 7.42. The van der Waals surface area contributed by atoms with Crippen LogP contribution in [0.25, 0.3) is 27.9 Å². The summed E-state index contributed by atoms with van der Waals surface area (Å²) in [5.74, 6) is 0.847. The summed E-state index contributed by atoms with van der Waals surface area (Å²) in [5.41, 5.74) is 3.14. The van der Waals surface area contributed by atoms with Crippen LogP contribution in [0.5, 0.6) is 0 Å². The van der Waals surface area contributed by atoms with Crippen LogP contribution in [0.15, 0.2) is 52.1 Å². The monoisotopic (exact) mass is 375 g/mol. The highest BCUT2D eigenvalue weighted by Crippen LogP contribution is 2.24. The third-order valence-electron chi connectivity index (χ3n) is 5.31. The predicted octanol–water partition coefficient (Wildman–Crippen LogP) is 2.56. The molecule has 0 spiro atoms. The van der Waals surface area contributed by atoms with Crippen LogP contribution in [-0.2, 0) is 0 Å². The van der Waals surface area contributed by atoms with Crippen LogP contribution in [0.1, 0.15) is 5.56 Å². The van der Waals surface area contributed by atoms with Crippen molar-refractivity contribution in [3.63, 3.8) is 0 Å². The molecule has 0 bridgehead atoms. The number of hydrogen-bond acceptors (Lipinski definition) is 6. The minimum atomic E-state index is -0.386. The fourth-order valence-corrected chi connectivity index (χ4v) is 3.62. The van der Waals surface area contributed by atoms with Crippen molar-refractivity contribution in [1.29, 1.82) is 0 Å². The van der Waals surface area contributed by atoms with Gasteiger partial charge in [-0.05, 0) is 31.7 Å². The van der Waals surface area contributed by atoms with Crippen molar-refractivity contribution in [2.75, 3.05) is 38.1 Å². The van der Waals surface area contributed by atoms with Gasteiger partial charge < -0.3 is 18.6 Å². The van der Waals surface area contributed by atoms with Crippen LogP contribution in [0.3, 0.4) is 0 Å². The van der Waals surface area contributed by atoms with Crippen LogP contribution < -0.4 is 10.5 Å². The Morgan fingerprint density at radius 2 is 1.89 bits per heavy atom. The third kappa shape index (κ3) is 2.93. The minimum Gasteiger partial charge on any atom is -0.422 e. The second-order valence-electron chi connectivity index (χ2n) is 7.42. The molecule has 0 aromatic carbocycles. The van der Waals surface area contributed by atoms with Crippen LogP contribution >= 0.6 is 0 Å². The Labute approximate surface area is 161 Å². The van der Waals surface area contributed by atoms with Crippen LogP contribution in [0.2, 0.25) is 0 Å². The summed E-state index contributed by atoms with van der Waals surface area (Å²) in [7, 11) is 2.12. The Hall–Kier alpha value is -3.19. The Morgan fingerprint density at radius 1 is 1.07 bits per heavy atom. The second kappa shape index (κ2) is 6.45. The average molecular weight is 375 g/mol. The summed E-state index contributed by atoms with van der Waals surface area (Å²) in [6.45, 7) is 5.84. The number of piperazine rings is 1. The molecule has 4 aromatic rings. The van der Waals surface area contributed by atoms with E-state index in [-0.39, 0.29) is 5.63 Å². The zero-order chi connectivity index (χ0) is 19.3. The van der Waals surface area contributed by atoms with E-state index in [9.17, 15) is 4.79 Å². The molecule has 28 heavy (non-hydrogen) atoms. The molecular weight excluding hydrogens is 354 g/mol. The SMILES string of the molecule is Cc1ccc2nc(-c3cc4cnc(N5CCN(C)CC5)cc4oc3=O)cn2c1. The average Bonchev–Trinajstić information content (AvgIpc) is 3.10. The number of hydrogen-bond donors (Lipinski definition) is 0. The van der Waals surface area contributed by atoms with Gasteiger partial charge in [0.25, 0.3) is 0 Å². The molecule has 0 unspecified atom stereocenters. The van der Waals surface area contributed by atoms with Crippen molar-refractivity contribution in [3.8, 4) is 11.3 Å². The predicted molar refractivity (Wildman–Crippen MR) is 109 cm³/mol. The lowest BCUT2D eigenvalue weighted by molar-refractivity contribution is 0.312. The first-order valence-electron chi connectivity index (χ1n) is 9.40. The molecule has 0 atom stereocenters. The first-order valence-corrected chi connectivity index (χ1v) is 9.40. The summed E-state index contributed by atoms with van der Waals surface area (Å²) in [5, 5.41) is 0.792. The molecule has 4 aromatic heterocycles. The van der Waals surface area contributed by atoms with Gasteiger partial charge in [0, 0.05) is 56.2 Å².